The summed E-state index contributed by atoms with van der Waals surface area (Å²) in [5.74, 6) is 1.40. The molecule has 0 aromatic rings. The van der Waals surface area contributed by atoms with Gasteiger partial charge in [0, 0.05) is 7.11 Å². The molecule has 15 heavy (non-hydrogen) atoms. The Morgan fingerprint density at radius 1 is 1.13 bits per heavy atom. The van der Waals surface area contributed by atoms with Crippen LogP contribution in [-0.2, 0) is 9.53 Å². The summed E-state index contributed by atoms with van der Waals surface area (Å²) < 4.78 is 5.48. The van der Waals surface area contributed by atoms with E-state index in [2.05, 4.69) is 0 Å². The summed E-state index contributed by atoms with van der Waals surface area (Å²) in [7, 11) is 1.58. The van der Waals surface area contributed by atoms with Crippen LogP contribution in [0.15, 0.2) is 0 Å². The van der Waals surface area contributed by atoms with E-state index >= 15 is 0 Å². The van der Waals surface area contributed by atoms with Gasteiger partial charge in [0.15, 0.2) is 5.60 Å². The van der Waals surface area contributed by atoms with Gasteiger partial charge in [0.05, 0.1) is 0 Å². The lowest BCUT2D eigenvalue weighted by atomic mass is 9.50. The molecule has 4 aliphatic rings. The number of rotatable bonds is 2. The van der Waals surface area contributed by atoms with Gasteiger partial charge in [0.1, 0.15) is 0 Å². The minimum absolute atomic E-state index is 0.274. The quantitative estimate of drug-likeness (QED) is 0.757. The van der Waals surface area contributed by atoms with Crippen molar-refractivity contribution in [3.05, 3.63) is 0 Å². The molecule has 0 aromatic heterocycles. The molecule has 4 rings (SSSR count). The minimum Gasteiger partial charge on any atom is -0.479 e. The molecular formula is C12H18O3. The zero-order valence-electron chi connectivity index (χ0n) is 9.11. The highest BCUT2D eigenvalue weighted by atomic mass is 16.5. The fraction of sp³-hybridized carbons (Fsp3) is 0.917. The molecular weight excluding hydrogens is 192 g/mol. The Balaban J connectivity index is 1.99. The van der Waals surface area contributed by atoms with Gasteiger partial charge in [-0.2, -0.15) is 0 Å². The van der Waals surface area contributed by atoms with Gasteiger partial charge in [-0.15, -0.1) is 0 Å². The largest absolute Gasteiger partial charge is 0.479 e. The Bertz CT molecular complexity index is 269. The first kappa shape index (κ1) is 9.64. The Labute approximate surface area is 89.8 Å². The lowest BCUT2D eigenvalue weighted by Crippen LogP contribution is -2.62. The van der Waals surface area contributed by atoms with E-state index in [9.17, 15) is 9.90 Å². The highest BCUT2D eigenvalue weighted by molar-refractivity contribution is 5.79. The zero-order chi connectivity index (χ0) is 10.6. The first-order valence-corrected chi connectivity index (χ1v) is 5.95. The zero-order valence-corrected chi connectivity index (χ0v) is 9.11. The van der Waals surface area contributed by atoms with E-state index in [1.165, 1.54) is 6.42 Å². The summed E-state index contributed by atoms with van der Waals surface area (Å²) in [5.41, 5.74) is -0.840. The minimum atomic E-state index is -0.840. The Hall–Kier alpha value is -0.570. The number of carboxylic acid groups (broad SMARTS) is 1. The fourth-order valence-electron chi connectivity index (χ4n) is 4.65. The van der Waals surface area contributed by atoms with Crippen molar-refractivity contribution in [1.82, 2.24) is 0 Å². The SMILES string of the molecule is COC1(C(=O)O)C2CC3CC(C2)CC1C3. The second-order valence-electron chi connectivity index (χ2n) is 5.61. The second-order valence-corrected chi connectivity index (χ2v) is 5.61. The van der Waals surface area contributed by atoms with Crippen LogP contribution in [-0.4, -0.2) is 23.8 Å². The number of aliphatic carboxylic acids is 1. The molecule has 1 N–H and O–H groups in total. The van der Waals surface area contributed by atoms with E-state index in [0.717, 1.165) is 37.5 Å². The molecule has 4 bridgehead atoms. The molecule has 0 radical (unpaired) electrons. The fourth-order valence-corrected chi connectivity index (χ4v) is 4.65. The average molecular weight is 210 g/mol. The maximum absolute atomic E-state index is 11.5. The molecule has 0 amide bonds. The maximum atomic E-state index is 11.5. The van der Waals surface area contributed by atoms with Crippen molar-refractivity contribution < 1.29 is 14.6 Å². The van der Waals surface area contributed by atoms with E-state index in [1.807, 2.05) is 0 Å². The van der Waals surface area contributed by atoms with Crippen LogP contribution in [0.5, 0.6) is 0 Å². The number of ether oxygens (including phenoxy) is 1. The summed E-state index contributed by atoms with van der Waals surface area (Å²) >= 11 is 0. The molecule has 4 fully saturated rings. The molecule has 3 nitrogen and oxygen atoms in total. The van der Waals surface area contributed by atoms with Crippen molar-refractivity contribution in [2.75, 3.05) is 7.11 Å². The van der Waals surface area contributed by atoms with Crippen LogP contribution in [0.1, 0.15) is 32.1 Å². The monoisotopic (exact) mass is 210 g/mol. The van der Waals surface area contributed by atoms with Crippen molar-refractivity contribution in [3.63, 3.8) is 0 Å². The molecule has 4 aliphatic carbocycles. The van der Waals surface area contributed by atoms with Gasteiger partial charge in [-0.1, -0.05) is 0 Å². The van der Waals surface area contributed by atoms with Crippen LogP contribution < -0.4 is 0 Å². The van der Waals surface area contributed by atoms with Gasteiger partial charge in [-0.25, -0.2) is 4.79 Å². The summed E-state index contributed by atoms with van der Waals surface area (Å²) in [4.78, 5) is 11.5. The Morgan fingerprint density at radius 3 is 1.93 bits per heavy atom. The Kier molecular flexibility index (Phi) is 1.91. The van der Waals surface area contributed by atoms with E-state index in [-0.39, 0.29) is 11.8 Å². The molecule has 0 aromatic carbocycles. The third kappa shape index (κ3) is 1.07. The first-order chi connectivity index (χ1) is 7.16. The van der Waals surface area contributed by atoms with Crippen LogP contribution in [0, 0.1) is 23.7 Å². The molecule has 0 atom stereocenters. The van der Waals surface area contributed by atoms with Gasteiger partial charge in [-0.3, -0.25) is 0 Å². The van der Waals surface area contributed by atoms with Gasteiger partial charge in [0.25, 0.3) is 0 Å². The van der Waals surface area contributed by atoms with Crippen molar-refractivity contribution >= 4 is 5.97 Å². The van der Waals surface area contributed by atoms with Crippen LogP contribution in [0.4, 0.5) is 0 Å². The molecule has 4 saturated carbocycles. The van der Waals surface area contributed by atoms with E-state index < -0.39 is 11.6 Å². The molecule has 0 unspecified atom stereocenters. The van der Waals surface area contributed by atoms with Crippen LogP contribution in [0.3, 0.4) is 0 Å². The van der Waals surface area contributed by atoms with Crippen LogP contribution in [0.2, 0.25) is 0 Å². The molecule has 0 saturated heterocycles. The third-order valence-electron chi connectivity index (χ3n) is 5.02. The van der Waals surface area contributed by atoms with Crippen molar-refractivity contribution in [2.45, 2.75) is 37.7 Å². The first-order valence-electron chi connectivity index (χ1n) is 5.95. The van der Waals surface area contributed by atoms with Crippen molar-refractivity contribution in [2.24, 2.45) is 23.7 Å². The van der Waals surface area contributed by atoms with Crippen LogP contribution >= 0.6 is 0 Å². The lowest BCUT2D eigenvalue weighted by molar-refractivity contribution is -0.212. The number of hydrogen-bond donors (Lipinski definition) is 1. The molecule has 84 valence electrons. The Morgan fingerprint density at radius 2 is 1.60 bits per heavy atom. The van der Waals surface area contributed by atoms with E-state index in [1.54, 1.807) is 7.11 Å². The average Bonchev–Trinajstić information content (AvgIpc) is 2.16. The second kappa shape index (κ2) is 2.97. The normalized spacial score (nSPS) is 52.1. The lowest BCUT2D eigenvalue weighted by Gasteiger charge is -2.58. The predicted octanol–water partition coefficient (Wildman–Crippen LogP) is 1.91. The van der Waals surface area contributed by atoms with E-state index in [4.69, 9.17) is 4.74 Å². The topological polar surface area (TPSA) is 46.5 Å². The summed E-state index contributed by atoms with van der Waals surface area (Å²) in [6.07, 6.45) is 5.65. The summed E-state index contributed by atoms with van der Waals surface area (Å²) in [6.45, 7) is 0. The van der Waals surface area contributed by atoms with Gasteiger partial charge >= 0.3 is 5.97 Å². The third-order valence-corrected chi connectivity index (χ3v) is 5.02. The number of hydrogen-bond acceptors (Lipinski definition) is 2. The highest BCUT2D eigenvalue weighted by Crippen LogP contribution is 2.59. The molecule has 3 heteroatoms. The standard InChI is InChI=1S/C12H18O3/c1-15-12(11(13)14)9-3-7-2-8(5-9)6-10(12)4-7/h7-10H,2-6H2,1H3,(H,13,14). The van der Waals surface area contributed by atoms with Crippen molar-refractivity contribution in [1.29, 1.82) is 0 Å². The summed E-state index contributed by atoms with van der Waals surface area (Å²) in [6, 6.07) is 0. The molecule has 0 spiro atoms. The van der Waals surface area contributed by atoms with Crippen molar-refractivity contribution in [3.8, 4) is 0 Å². The molecule has 0 heterocycles. The number of carboxylic acids is 1. The number of methoxy groups -OCH3 is 1. The summed E-state index contributed by atoms with van der Waals surface area (Å²) in [5, 5.41) is 9.47. The van der Waals surface area contributed by atoms with E-state index in [0.29, 0.717) is 0 Å². The predicted molar refractivity (Wildman–Crippen MR) is 54.4 cm³/mol. The number of carbonyl (C=O) groups is 1. The maximum Gasteiger partial charge on any atom is 0.336 e. The smallest absolute Gasteiger partial charge is 0.336 e. The van der Waals surface area contributed by atoms with Gasteiger partial charge < -0.3 is 9.84 Å². The van der Waals surface area contributed by atoms with Gasteiger partial charge in [-0.05, 0) is 55.8 Å². The molecule has 0 aliphatic heterocycles. The van der Waals surface area contributed by atoms with Gasteiger partial charge in [0.2, 0.25) is 0 Å². The highest BCUT2D eigenvalue weighted by Gasteiger charge is 2.61. The van der Waals surface area contributed by atoms with Crippen LogP contribution in [0.25, 0.3) is 0 Å².